The molecule has 0 bridgehead atoms. The van der Waals surface area contributed by atoms with Crippen molar-refractivity contribution >= 4 is 12.4 Å². The van der Waals surface area contributed by atoms with E-state index in [0.717, 1.165) is 5.92 Å². The van der Waals surface area contributed by atoms with E-state index in [0.29, 0.717) is 10.8 Å². The second-order valence-electron chi connectivity index (χ2n) is 4.48. The van der Waals surface area contributed by atoms with Crippen LogP contribution in [0.5, 0.6) is 0 Å². The third-order valence-corrected chi connectivity index (χ3v) is 4.45. The van der Waals surface area contributed by atoms with Gasteiger partial charge in [-0.05, 0) is 29.7 Å². The largest absolute Gasteiger partial charge is 0.316 e. The lowest BCUT2D eigenvalue weighted by atomic mass is 9.90. The fourth-order valence-corrected chi connectivity index (χ4v) is 2.80. The average molecular weight is 176 g/mol. The fraction of sp³-hybridized carbons (Fsp3) is 1.00. The van der Waals surface area contributed by atoms with Gasteiger partial charge >= 0.3 is 0 Å². The van der Waals surface area contributed by atoms with Crippen molar-refractivity contribution in [3.63, 3.8) is 0 Å². The van der Waals surface area contributed by atoms with Crippen molar-refractivity contribution in [1.82, 2.24) is 5.32 Å². The Bertz CT molecular complexity index is 153. The second kappa shape index (κ2) is 2.37. The van der Waals surface area contributed by atoms with Crippen molar-refractivity contribution in [2.45, 2.75) is 27.2 Å². The Balaban J connectivity index is 0.000000605. The summed E-state index contributed by atoms with van der Waals surface area (Å²) in [6.07, 6.45) is 1.38. The van der Waals surface area contributed by atoms with Crippen LogP contribution in [-0.4, -0.2) is 13.1 Å². The van der Waals surface area contributed by atoms with Gasteiger partial charge in [0.2, 0.25) is 0 Å². The molecule has 0 amide bonds. The van der Waals surface area contributed by atoms with Gasteiger partial charge in [0.25, 0.3) is 0 Å². The minimum atomic E-state index is 0. The maximum Gasteiger partial charge on any atom is 0.00133 e. The summed E-state index contributed by atoms with van der Waals surface area (Å²) in [6.45, 7) is 9.73. The molecular weight excluding hydrogens is 158 g/mol. The van der Waals surface area contributed by atoms with Crippen LogP contribution in [0.3, 0.4) is 0 Å². The van der Waals surface area contributed by atoms with E-state index in [9.17, 15) is 0 Å². The lowest BCUT2D eigenvalue weighted by Gasteiger charge is -2.24. The summed E-state index contributed by atoms with van der Waals surface area (Å²) < 4.78 is 0. The van der Waals surface area contributed by atoms with Crippen LogP contribution in [0.4, 0.5) is 0 Å². The summed E-state index contributed by atoms with van der Waals surface area (Å²) in [5.74, 6) is 0.940. The third-order valence-electron chi connectivity index (χ3n) is 4.45. The molecule has 11 heavy (non-hydrogen) atoms. The molecule has 3 unspecified atom stereocenters. The molecule has 2 aliphatic rings. The van der Waals surface area contributed by atoms with Crippen molar-refractivity contribution in [2.75, 3.05) is 13.1 Å². The van der Waals surface area contributed by atoms with Crippen molar-refractivity contribution in [3.8, 4) is 0 Å². The predicted octanol–water partition coefficient (Wildman–Crippen LogP) is 2.06. The van der Waals surface area contributed by atoms with Crippen LogP contribution >= 0.6 is 12.4 Å². The number of hydrogen-bond acceptors (Lipinski definition) is 1. The Morgan fingerprint density at radius 3 is 2.27 bits per heavy atom. The molecule has 0 spiro atoms. The zero-order valence-corrected chi connectivity index (χ0v) is 8.42. The fourth-order valence-electron chi connectivity index (χ4n) is 2.80. The number of fused-ring (bicyclic) bond motifs is 1. The van der Waals surface area contributed by atoms with Gasteiger partial charge in [0.1, 0.15) is 0 Å². The van der Waals surface area contributed by atoms with E-state index in [4.69, 9.17) is 0 Å². The lowest BCUT2D eigenvalue weighted by Crippen LogP contribution is -2.33. The molecule has 2 heteroatoms. The van der Waals surface area contributed by atoms with Crippen molar-refractivity contribution in [2.24, 2.45) is 16.7 Å². The highest BCUT2D eigenvalue weighted by Crippen LogP contribution is 2.71. The summed E-state index contributed by atoms with van der Waals surface area (Å²) in [5.41, 5.74) is 1.31. The third kappa shape index (κ3) is 0.874. The molecule has 0 aromatic heterocycles. The van der Waals surface area contributed by atoms with Crippen molar-refractivity contribution in [1.29, 1.82) is 0 Å². The highest BCUT2D eigenvalue weighted by Gasteiger charge is 2.68. The number of hydrogen-bond donors (Lipinski definition) is 1. The van der Waals surface area contributed by atoms with E-state index in [2.05, 4.69) is 26.1 Å². The van der Waals surface area contributed by atoms with Crippen LogP contribution in [0.15, 0.2) is 0 Å². The molecule has 1 N–H and O–H groups in total. The number of piperidine rings is 1. The van der Waals surface area contributed by atoms with E-state index in [1.54, 1.807) is 0 Å². The van der Waals surface area contributed by atoms with Gasteiger partial charge < -0.3 is 5.32 Å². The van der Waals surface area contributed by atoms with Crippen LogP contribution in [-0.2, 0) is 0 Å². The van der Waals surface area contributed by atoms with Gasteiger partial charge in [-0.2, -0.15) is 0 Å². The molecule has 2 rings (SSSR count). The molecule has 0 aromatic rings. The minimum absolute atomic E-state index is 0. The normalized spacial score (nSPS) is 54.3. The summed E-state index contributed by atoms with van der Waals surface area (Å²) >= 11 is 0. The van der Waals surface area contributed by atoms with Crippen LogP contribution < -0.4 is 5.32 Å². The van der Waals surface area contributed by atoms with Crippen LogP contribution in [0.1, 0.15) is 27.2 Å². The highest BCUT2D eigenvalue weighted by atomic mass is 35.5. The molecule has 0 aromatic carbocycles. The van der Waals surface area contributed by atoms with Crippen LogP contribution in [0.2, 0.25) is 0 Å². The van der Waals surface area contributed by atoms with Crippen LogP contribution in [0.25, 0.3) is 0 Å². The molecule has 2 fully saturated rings. The first-order valence-corrected chi connectivity index (χ1v) is 4.32. The summed E-state index contributed by atoms with van der Waals surface area (Å²) in [6, 6.07) is 0. The SMILES string of the molecule is CC1C2(C)CCNCC12C.Cl. The van der Waals surface area contributed by atoms with E-state index >= 15 is 0 Å². The number of halogens is 1. The maximum atomic E-state index is 3.47. The van der Waals surface area contributed by atoms with Gasteiger partial charge in [-0.1, -0.05) is 20.8 Å². The van der Waals surface area contributed by atoms with E-state index in [-0.39, 0.29) is 12.4 Å². The number of rotatable bonds is 0. The van der Waals surface area contributed by atoms with E-state index < -0.39 is 0 Å². The summed E-state index contributed by atoms with van der Waals surface area (Å²) in [4.78, 5) is 0. The van der Waals surface area contributed by atoms with Gasteiger partial charge in [0.15, 0.2) is 0 Å². The lowest BCUT2D eigenvalue weighted by molar-refractivity contribution is 0.295. The van der Waals surface area contributed by atoms with Crippen molar-refractivity contribution < 1.29 is 0 Å². The molecule has 1 saturated heterocycles. The summed E-state index contributed by atoms with van der Waals surface area (Å²) in [5, 5.41) is 3.47. The Labute approximate surface area is 75.4 Å². The Morgan fingerprint density at radius 2 is 1.91 bits per heavy atom. The van der Waals surface area contributed by atoms with E-state index in [1.165, 1.54) is 19.5 Å². The van der Waals surface area contributed by atoms with Gasteiger partial charge in [-0.25, -0.2) is 0 Å². The molecule has 1 aliphatic carbocycles. The first-order chi connectivity index (χ1) is 4.61. The molecule has 66 valence electrons. The van der Waals surface area contributed by atoms with Gasteiger partial charge in [-0.3, -0.25) is 0 Å². The molecule has 1 aliphatic heterocycles. The summed E-state index contributed by atoms with van der Waals surface area (Å²) in [7, 11) is 0. The Hall–Kier alpha value is 0.250. The monoisotopic (exact) mass is 175 g/mol. The first-order valence-electron chi connectivity index (χ1n) is 4.32. The molecule has 1 heterocycles. The highest BCUT2D eigenvalue weighted by molar-refractivity contribution is 5.85. The molecular formula is C9H18ClN. The number of nitrogens with one attached hydrogen (secondary N) is 1. The molecule has 3 atom stereocenters. The minimum Gasteiger partial charge on any atom is -0.316 e. The zero-order chi connectivity index (χ0) is 7.41. The van der Waals surface area contributed by atoms with Gasteiger partial charge in [0, 0.05) is 6.54 Å². The first kappa shape index (κ1) is 9.34. The second-order valence-corrected chi connectivity index (χ2v) is 4.48. The molecule has 0 radical (unpaired) electrons. The molecule has 1 saturated carbocycles. The quantitative estimate of drug-likeness (QED) is 0.595. The Kier molecular flexibility index (Phi) is 2.01. The zero-order valence-electron chi connectivity index (χ0n) is 7.61. The van der Waals surface area contributed by atoms with E-state index in [1.807, 2.05) is 0 Å². The maximum absolute atomic E-state index is 3.47. The predicted molar refractivity (Wildman–Crippen MR) is 50.1 cm³/mol. The standard InChI is InChI=1S/C9H17N.ClH/c1-7-8(2)4-5-10-6-9(7,8)3;/h7,10H,4-6H2,1-3H3;1H. The van der Waals surface area contributed by atoms with Crippen molar-refractivity contribution in [3.05, 3.63) is 0 Å². The smallest absolute Gasteiger partial charge is 0.00133 e. The van der Waals surface area contributed by atoms with Crippen LogP contribution in [0, 0.1) is 16.7 Å². The van der Waals surface area contributed by atoms with Gasteiger partial charge in [0.05, 0.1) is 0 Å². The topological polar surface area (TPSA) is 12.0 Å². The van der Waals surface area contributed by atoms with Gasteiger partial charge in [-0.15, -0.1) is 12.4 Å². The molecule has 1 nitrogen and oxygen atoms in total. The Morgan fingerprint density at radius 1 is 1.27 bits per heavy atom. The average Bonchev–Trinajstić information content (AvgIpc) is 2.35.